The summed E-state index contributed by atoms with van der Waals surface area (Å²) in [6.07, 6.45) is 8.32. The SMILES string of the molecule is Cc1ccc(-c2ccc3nc(C4NN=C5C=CC=CC54)[nH]c3c2)cc1. The van der Waals surface area contributed by atoms with E-state index in [-0.39, 0.29) is 12.0 Å². The molecule has 1 aliphatic heterocycles. The van der Waals surface area contributed by atoms with Crippen molar-refractivity contribution >= 4 is 16.7 Å². The number of aromatic nitrogens is 2. The summed E-state index contributed by atoms with van der Waals surface area (Å²) in [7, 11) is 0. The molecule has 0 amide bonds. The lowest BCUT2D eigenvalue weighted by molar-refractivity contribution is 0.531. The van der Waals surface area contributed by atoms with Crippen LogP contribution in [0.15, 0.2) is 71.9 Å². The zero-order chi connectivity index (χ0) is 16.8. The molecule has 2 aromatic carbocycles. The summed E-state index contributed by atoms with van der Waals surface area (Å²) in [5.41, 5.74) is 10.0. The maximum Gasteiger partial charge on any atom is 0.132 e. The molecular formula is C21H18N4. The molecule has 1 aromatic heterocycles. The van der Waals surface area contributed by atoms with E-state index in [9.17, 15) is 0 Å². The maximum atomic E-state index is 4.79. The minimum atomic E-state index is 0.0615. The Morgan fingerprint density at radius 3 is 2.68 bits per heavy atom. The fourth-order valence-electron chi connectivity index (χ4n) is 3.50. The molecule has 2 N–H and O–H groups in total. The van der Waals surface area contributed by atoms with Gasteiger partial charge in [0, 0.05) is 0 Å². The second-order valence-electron chi connectivity index (χ2n) is 6.63. The van der Waals surface area contributed by atoms with Crippen molar-refractivity contribution in [3.05, 3.63) is 78.2 Å². The fraction of sp³-hybridized carbons (Fsp3) is 0.143. The number of rotatable bonds is 2. The van der Waals surface area contributed by atoms with Gasteiger partial charge in [0.1, 0.15) is 11.9 Å². The van der Waals surface area contributed by atoms with Crippen LogP contribution in [0.2, 0.25) is 0 Å². The normalized spacial score (nSPS) is 21.2. The van der Waals surface area contributed by atoms with Gasteiger partial charge in [-0.05, 0) is 36.3 Å². The Labute approximate surface area is 146 Å². The Kier molecular flexibility index (Phi) is 3.10. The van der Waals surface area contributed by atoms with Crippen molar-refractivity contribution in [1.29, 1.82) is 0 Å². The molecule has 0 fully saturated rings. The van der Waals surface area contributed by atoms with Crippen LogP contribution in [0.3, 0.4) is 0 Å². The smallest absolute Gasteiger partial charge is 0.132 e. The van der Waals surface area contributed by atoms with Crippen LogP contribution in [0, 0.1) is 12.8 Å². The van der Waals surface area contributed by atoms with E-state index in [4.69, 9.17) is 4.98 Å². The van der Waals surface area contributed by atoms with E-state index in [0.29, 0.717) is 0 Å². The highest BCUT2D eigenvalue weighted by molar-refractivity contribution is 6.00. The van der Waals surface area contributed by atoms with Crippen molar-refractivity contribution in [2.45, 2.75) is 13.0 Å². The Morgan fingerprint density at radius 2 is 1.80 bits per heavy atom. The zero-order valence-corrected chi connectivity index (χ0v) is 13.9. The van der Waals surface area contributed by atoms with Crippen molar-refractivity contribution in [3.63, 3.8) is 0 Å². The van der Waals surface area contributed by atoms with Gasteiger partial charge in [0.15, 0.2) is 0 Å². The molecule has 0 saturated heterocycles. The van der Waals surface area contributed by atoms with Crippen molar-refractivity contribution in [2.75, 3.05) is 0 Å². The molecule has 5 rings (SSSR count). The molecule has 25 heavy (non-hydrogen) atoms. The zero-order valence-electron chi connectivity index (χ0n) is 13.9. The number of nitrogens with zero attached hydrogens (tertiary/aromatic N) is 2. The number of H-pyrrole nitrogens is 1. The number of nitrogens with one attached hydrogen (secondary N) is 2. The number of allylic oxidation sites excluding steroid dienone is 3. The Balaban J connectivity index is 1.51. The lowest BCUT2D eigenvalue weighted by Crippen LogP contribution is -2.21. The minimum absolute atomic E-state index is 0.0615. The topological polar surface area (TPSA) is 53.1 Å². The van der Waals surface area contributed by atoms with Gasteiger partial charge in [0.05, 0.1) is 22.7 Å². The Hall–Kier alpha value is -3.14. The highest BCUT2D eigenvalue weighted by atomic mass is 15.3. The molecule has 4 heteroatoms. The number of aryl methyl sites for hydroxylation is 1. The van der Waals surface area contributed by atoms with Crippen LogP contribution >= 0.6 is 0 Å². The largest absolute Gasteiger partial charge is 0.340 e. The van der Waals surface area contributed by atoms with E-state index in [1.54, 1.807) is 0 Å². The van der Waals surface area contributed by atoms with Crippen LogP contribution in [0.5, 0.6) is 0 Å². The summed E-state index contributed by atoms with van der Waals surface area (Å²) in [6.45, 7) is 2.11. The molecule has 1 aliphatic carbocycles. The highest BCUT2D eigenvalue weighted by Gasteiger charge is 2.32. The molecule has 0 saturated carbocycles. The van der Waals surface area contributed by atoms with E-state index in [2.05, 4.69) is 83.1 Å². The number of fused-ring (bicyclic) bond motifs is 2. The third-order valence-corrected chi connectivity index (χ3v) is 4.91. The second kappa shape index (κ2) is 5.45. The van der Waals surface area contributed by atoms with Gasteiger partial charge in [0.25, 0.3) is 0 Å². The predicted octanol–water partition coefficient (Wildman–Crippen LogP) is 4.28. The average molecular weight is 326 g/mol. The molecule has 3 aromatic rings. The van der Waals surface area contributed by atoms with Gasteiger partial charge >= 0.3 is 0 Å². The van der Waals surface area contributed by atoms with Crippen LogP contribution < -0.4 is 5.43 Å². The molecule has 2 atom stereocenters. The van der Waals surface area contributed by atoms with E-state index < -0.39 is 0 Å². The molecule has 0 spiro atoms. The number of hydrazone groups is 1. The monoisotopic (exact) mass is 326 g/mol. The van der Waals surface area contributed by atoms with Gasteiger partial charge in [-0.2, -0.15) is 5.10 Å². The second-order valence-corrected chi connectivity index (χ2v) is 6.63. The van der Waals surface area contributed by atoms with Crippen molar-refractivity contribution in [2.24, 2.45) is 11.0 Å². The number of aromatic amines is 1. The van der Waals surface area contributed by atoms with Crippen LogP contribution in [0.25, 0.3) is 22.2 Å². The first-order valence-corrected chi connectivity index (χ1v) is 8.53. The molecule has 2 heterocycles. The van der Waals surface area contributed by atoms with Crippen LogP contribution in [0.1, 0.15) is 17.4 Å². The number of hydrogen-bond acceptors (Lipinski definition) is 3. The number of benzene rings is 2. The molecule has 4 nitrogen and oxygen atoms in total. The van der Waals surface area contributed by atoms with Gasteiger partial charge in [-0.25, -0.2) is 4.98 Å². The molecule has 0 radical (unpaired) electrons. The van der Waals surface area contributed by atoms with E-state index in [1.165, 1.54) is 16.7 Å². The van der Waals surface area contributed by atoms with Gasteiger partial charge in [-0.15, -0.1) is 0 Å². The third-order valence-electron chi connectivity index (χ3n) is 4.91. The molecular weight excluding hydrogens is 308 g/mol. The van der Waals surface area contributed by atoms with Gasteiger partial charge in [0.2, 0.25) is 0 Å². The molecule has 122 valence electrons. The first-order chi connectivity index (χ1) is 12.3. The van der Waals surface area contributed by atoms with Crippen molar-refractivity contribution < 1.29 is 0 Å². The number of hydrogen-bond donors (Lipinski definition) is 2. The van der Waals surface area contributed by atoms with Crippen LogP contribution in [-0.4, -0.2) is 15.7 Å². The van der Waals surface area contributed by atoms with E-state index >= 15 is 0 Å². The van der Waals surface area contributed by atoms with Gasteiger partial charge in [-0.3, -0.25) is 5.43 Å². The first kappa shape index (κ1) is 14.2. The summed E-state index contributed by atoms with van der Waals surface area (Å²) in [5, 5.41) is 4.43. The first-order valence-electron chi connectivity index (χ1n) is 8.53. The summed E-state index contributed by atoms with van der Waals surface area (Å²) < 4.78 is 0. The number of imidazole rings is 1. The summed E-state index contributed by atoms with van der Waals surface area (Å²) in [6, 6.07) is 15.0. The highest BCUT2D eigenvalue weighted by Crippen LogP contribution is 2.31. The summed E-state index contributed by atoms with van der Waals surface area (Å²) in [4.78, 5) is 8.27. The van der Waals surface area contributed by atoms with Gasteiger partial charge < -0.3 is 4.98 Å². The minimum Gasteiger partial charge on any atom is -0.340 e. The molecule has 2 aliphatic rings. The van der Waals surface area contributed by atoms with E-state index in [1.807, 2.05) is 6.08 Å². The lowest BCUT2D eigenvalue weighted by atomic mass is 9.92. The molecule has 0 bridgehead atoms. The maximum absolute atomic E-state index is 4.79. The lowest BCUT2D eigenvalue weighted by Gasteiger charge is -2.15. The third kappa shape index (κ3) is 2.38. The summed E-state index contributed by atoms with van der Waals surface area (Å²) >= 11 is 0. The summed E-state index contributed by atoms with van der Waals surface area (Å²) in [5.74, 6) is 1.17. The Bertz CT molecular complexity index is 1040. The molecule has 2 unspecified atom stereocenters. The van der Waals surface area contributed by atoms with E-state index in [0.717, 1.165) is 22.6 Å². The quantitative estimate of drug-likeness (QED) is 0.738. The van der Waals surface area contributed by atoms with Crippen molar-refractivity contribution in [1.82, 2.24) is 15.4 Å². The average Bonchev–Trinajstić information content (AvgIpc) is 3.25. The predicted molar refractivity (Wildman–Crippen MR) is 101 cm³/mol. The fourth-order valence-corrected chi connectivity index (χ4v) is 3.50. The Morgan fingerprint density at radius 1 is 0.960 bits per heavy atom. The standard InChI is InChI=1S/C21H18N4/c1-13-6-8-14(9-7-13)15-10-11-18-19(12-15)23-21(22-18)20-16-4-2-3-5-17(16)24-25-20/h2-12,16,20,25H,1H3,(H,22,23). The van der Waals surface area contributed by atoms with Crippen LogP contribution in [-0.2, 0) is 0 Å². The van der Waals surface area contributed by atoms with Gasteiger partial charge in [-0.1, -0.05) is 54.1 Å². The van der Waals surface area contributed by atoms with Crippen molar-refractivity contribution in [3.8, 4) is 11.1 Å². The van der Waals surface area contributed by atoms with Crippen LogP contribution in [0.4, 0.5) is 0 Å².